The van der Waals surface area contributed by atoms with Crippen LogP contribution in [0.3, 0.4) is 0 Å². The van der Waals surface area contributed by atoms with E-state index in [0.717, 1.165) is 28.0 Å². The van der Waals surface area contributed by atoms with Crippen molar-refractivity contribution in [1.29, 1.82) is 0 Å². The van der Waals surface area contributed by atoms with E-state index in [0.29, 0.717) is 24.6 Å². The van der Waals surface area contributed by atoms with Gasteiger partial charge in [-0.2, -0.15) is 0 Å². The Morgan fingerprint density at radius 2 is 1.73 bits per heavy atom. The maximum atomic E-state index is 13.6. The van der Waals surface area contributed by atoms with E-state index in [2.05, 4.69) is 15.0 Å². The first-order valence-electron chi connectivity index (χ1n) is 11.0. The minimum Gasteiger partial charge on any atom is -0.344 e. The van der Waals surface area contributed by atoms with Gasteiger partial charge in [0, 0.05) is 33.2 Å². The number of aromatic nitrogens is 6. The Morgan fingerprint density at radius 3 is 2.36 bits per heavy atom. The molecule has 3 heterocycles. The second kappa shape index (κ2) is 8.43. The molecular formula is C23H30N8O2. The smallest absolute Gasteiger partial charge is 0.293 e. The molecule has 4 aromatic rings. The Balaban J connectivity index is 1.87. The fourth-order valence-electron chi connectivity index (χ4n) is 4.16. The van der Waals surface area contributed by atoms with E-state index in [1.165, 1.54) is 9.36 Å². The van der Waals surface area contributed by atoms with Crippen LogP contribution in [0.4, 0.5) is 5.95 Å². The summed E-state index contributed by atoms with van der Waals surface area (Å²) in [4.78, 5) is 42.3. The lowest BCUT2D eigenvalue weighted by Crippen LogP contribution is -2.38. The number of benzene rings is 1. The standard InChI is InChI=1S/C23H30N8O2/c1-7-30-20-19(27-23(30)28(5)11-13(2)24)21(32)29(6)31(22(20)33)12-16-8-9-17-18(10-16)26-15(4)14(3)25-17/h8-10,13H,7,11-12,24H2,1-6H3. The second-order valence-corrected chi connectivity index (χ2v) is 8.62. The molecule has 4 rings (SSSR count). The van der Waals surface area contributed by atoms with Crippen LogP contribution in [0.25, 0.3) is 22.1 Å². The molecule has 33 heavy (non-hydrogen) atoms. The van der Waals surface area contributed by atoms with Gasteiger partial charge in [-0.15, -0.1) is 0 Å². The predicted molar refractivity (Wildman–Crippen MR) is 130 cm³/mol. The average Bonchev–Trinajstić information content (AvgIpc) is 3.16. The maximum absolute atomic E-state index is 13.6. The summed E-state index contributed by atoms with van der Waals surface area (Å²) >= 11 is 0. The number of likely N-dealkylation sites (N-methyl/N-ethyl adjacent to an activating group) is 1. The van der Waals surface area contributed by atoms with Crippen molar-refractivity contribution in [1.82, 2.24) is 28.9 Å². The van der Waals surface area contributed by atoms with Gasteiger partial charge in [-0.05, 0) is 45.4 Å². The number of imidazole rings is 1. The van der Waals surface area contributed by atoms with Gasteiger partial charge in [0.2, 0.25) is 5.95 Å². The Labute approximate surface area is 191 Å². The molecule has 0 spiro atoms. The summed E-state index contributed by atoms with van der Waals surface area (Å²) in [5.41, 5.74) is 9.99. The summed E-state index contributed by atoms with van der Waals surface area (Å²) < 4.78 is 4.57. The zero-order chi connectivity index (χ0) is 24.0. The average molecular weight is 451 g/mol. The van der Waals surface area contributed by atoms with Crippen molar-refractivity contribution in [3.8, 4) is 0 Å². The number of hydrogen-bond acceptors (Lipinski definition) is 7. The van der Waals surface area contributed by atoms with E-state index in [-0.39, 0.29) is 29.2 Å². The largest absolute Gasteiger partial charge is 0.344 e. The summed E-state index contributed by atoms with van der Waals surface area (Å²) in [5.74, 6) is 0.559. The molecule has 0 amide bonds. The highest BCUT2D eigenvalue weighted by molar-refractivity contribution is 5.77. The lowest BCUT2D eigenvalue weighted by Gasteiger charge is -2.21. The highest BCUT2D eigenvalue weighted by Crippen LogP contribution is 2.19. The van der Waals surface area contributed by atoms with Crippen LogP contribution >= 0.6 is 0 Å². The molecule has 1 aromatic carbocycles. The highest BCUT2D eigenvalue weighted by Gasteiger charge is 2.22. The number of fused-ring (bicyclic) bond motifs is 2. The van der Waals surface area contributed by atoms with Crippen LogP contribution in [0.1, 0.15) is 30.8 Å². The van der Waals surface area contributed by atoms with Crippen molar-refractivity contribution in [3.63, 3.8) is 0 Å². The summed E-state index contributed by atoms with van der Waals surface area (Å²) in [6.45, 7) is 8.96. The third-order valence-corrected chi connectivity index (χ3v) is 5.93. The third kappa shape index (κ3) is 3.91. The number of nitrogens with zero attached hydrogens (tertiary/aromatic N) is 7. The van der Waals surface area contributed by atoms with Crippen molar-refractivity contribution in [3.05, 3.63) is 55.9 Å². The van der Waals surface area contributed by atoms with Gasteiger partial charge in [-0.25, -0.2) is 24.3 Å². The van der Waals surface area contributed by atoms with Gasteiger partial charge in [0.25, 0.3) is 11.1 Å². The van der Waals surface area contributed by atoms with E-state index in [1.54, 1.807) is 11.6 Å². The SMILES string of the molecule is CCn1c(N(C)CC(C)N)nc2c(=O)n(C)n(Cc3ccc4nc(C)c(C)nc4c3)c(=O)c21. The zero-order valence-electron chi connectivity index (χ0n) is 20.0. The first kappa shape index (κ1) is 22.7. The lowest BCUT2D eigenvalue weighted by molar-refractivity contribution is 0.502. The molecule has 0 saturated heterocycles. The molecule has 10 nitrogen and oxygen atoms in total. The number of anilines is 1. The predicted octanol–water partition coefficient (Wildman–Crippen LogP) is 1.31. The molecule has 0 aliphatic rings. The van der Waals surface area contributed by atoms with Crippen molar-refractivity contribution < 1.29 is 0 Å². The molecule has 0 aliphatic heterocycles. The van der Waals surface area contributed by atoms with Crippen molar-refractivity contribution in [2.45, 2.75) is 46.8 Å². The third-order valence-electron chi connectivity index (χ3n) is 5.93. The normalized spacial score (nSPS) is 12.6. The first-order valence-corrected chi connectivity index (χ1v) is 11.0. The minimum absolute atomic E-state index is 0.0805. The molecule has 1 atom stereocenters. The minimum atomic E-state index is -0.320. The Morgan fingerprint density at radius 1 is 1.06 bits per heavy atom. The number of rotatable bonds is 6. The Kier molecular flexibility index (Phi) is 5.79. The topological polar surface area (TPSA) is 117 Å². The van der Waals surface area contributed by atoms with Crippen molar-refractivity contribution in [2.75, 3.05) is 18.5 Å². The lowest BCUT2D eigenvalue weighted by atomic mass is 10.2. The summed E-state index contributed by atoms with van der Waals surface area (Å²) in [6.07, 6.45) is 0. The maximum Gasteiger partial charge on any atom is 0.293 e. The fourth-order valence-corrected chi connectivity index (χ4v) is 4.16. The number of aryl methyl sites for hydroxylation is 3. The van der Waals surface area contributed by atoms with Gasteiger partial charge in [-0.3, -0.25) is 9.59 Å². The fraction of sp³-hybridized carbons (Fsp3) is 0.435. The first-order chi connectivity index (χ1) is 15.6. The Hall–Kier alpha value is -3.53. The number of hydrogen-bond donors (Lipinski definition) is 1. The molecule has 0 saturated carbocycles. The number of nitrogens with two attached hydrogens (primary N) is 1. The quantitative estimate of drug-likeness (QED) is 0.471. The van der Waals surface area contributed by atoms with Crippen molar-refractivity contribution in [2.24, 2.45) is 12.8 Å². The molecule has 1 unspecified atom stereocenters. The van der Waals surface area contributed by atoms with Crippen LogP contribution < -0.4 is 21.8 Å². The van der Waals surface area contributed by atoms with Crippen LogP contribution in [0.5, 0.6) is 0 Å². The summed E-state index contributed by atoms with van der Waals surface area (Å²) in [7, 11) is 3.45. The van der Waals surface area contributed by atoms with E-state index in [1.807, 2.05) is 57.8 Å². The molecule has 0 fully saturated rings. The molecule has 0 aliphatic carbocycles. The molecule has 2 N–H and O–H groups in total. The van der Waals surface area contributed by atoms with Crippen molar-refractivity contribution >= 4 is 28.0 Å². The van der Waals surface area contributed by atoms with Gasteiger partial charge in [0.05, 0.1) is 29.0 Å². The second-order valence-electron chi connectivity index (χ2n) is 8.62. The van der Waals surface area contributed by atoms with Gasteiger partial charge >= 0.3 is 0 Å². The van der Waals surface area contributed by atoms with E-state index in [9.17, 15) is 9.59 Å². The van der Waals surface area contributed by atoms with Crippen LogP contribution in [-0.2, 0) is 20.1 Å². The van der Waals surface area contributed by atoms with Gasteiger partial charge < -0.3 is 15.2 Å². The molecule has 0 radical (unpaired) electrons. The van der Waals surface area contributed by atoms with Crippen LogP contribution in [0.2, 0.25) is 0 Å². The molecule has 0 bridgehead atoms. The van der Waals surface area contributed by atoms with E-state index >= 15 is 0 Å². The van der Waals surface area contributed by atoms with E-state index < -0.39 is 0 Å². The molecule has 3 aromatic heterocycles. The van der Waals surface area contributed by atoms with Crippen LogP contribution in [0, 0.1) is 13.8 Å². The van der Waals surface area contributed by atoms with Gasteiger partial charge in [0.15, 0.2) is 5.52 Å². The van der Waals surface area contributed by atoms with Gasteiger partial charge in [0.1, 0.15) is 5.52 Å². The molecule has 10 heteroatoms. The van der Waals surface area contributed by atoms with E-state index in [4.69, 9.17) is 5.73 Å². The van der Waals surface area contributed by atoms with Crippen LogP contribution in [0.15, 0.2) is 27.8 Å². The highest BCUT2D eigenvalue weighted by atomic mass is 16.2. The van der Waals surface area contributed by atoms with Gasteiger partial charge in [-0.1, -0.05) is 6.07 Å². The molecule has 174 valence electrons. The zero-order valence-corrected chi connectivity index (χ0v) is 20.0. The summed E-state index contributed by atoms with van der Waals surface area (Å²) in [6, 6.07) is 5.63. The van der Waals surface area contributed by atoms with Crippen LogP contribution in [-0.4, -0.2) is 48.5 Å². The summed E-state index contributed by atoms with van der Waals surface area (Å²) in [5, 5.41) is 0. The Bertz CT molecular complexity index is 1480. The monoisotopic (exact) mass is 450 g/mol. The molecular weight excluding hydrogens is 420 g/mol.